The summed E-state index contributed by atoms with van der Waals surface area (Å²) in [6.45, 7) is 5.99. The first-order chi connectivity index (χ1) is 8.50. The number of hydrogen-bond acceptors (Lipinski definition) is 2. The van der Waals surface area contributed by atoms with Crippen LogP contribution in [0.5, 0.6) is 0 Å². The zero-order valence-corrected chi connectivity index (χ0v) is 11.4. The van der Waals surface area contributed by atoms with E-state index < -0.39 is 18.2 Å². The molecule has 1 fully saturated rings. The van der Waals surface area contributed by atoms with Gasteiger partial charge < -0.3 is 15.3 Å². The summed E-state index contributed by atoms with van der Waals surface area (Å²) in [5.74, 6) is -0.821. The summed E-state index contributed by atoms with van der Waals surface area (Å²) < 4.78 is 37.1. The number of amides is 2. The smallest absolute Gasteiger partial charge is 0.383 e. The molecule has 1 atom stereocenters. The molecule has 112 valence electrons. The molecule has 4 nitrogen and oxygen atoms in total. The van der Waals surface area contributed by atoms with E-state index in [1.54, 1.807) is 0 Å². The van der Waals surface area contributed by atoms with E-state index in [0.717, 1.165) is 0 Å². The van der Waals surface area contributed by atoms with Gasteiger partial charge in [0.2, 0.25) is 0 Å². The van der Waals surface area contributed by atoms with Crippen molar-refractivity contribution < 1.29 is 23.1 Å². The minimum atomic E-state index is -4.58. The van der Waals surface area contributed by atoms with E-state index in [1.807, 2.05) is 20.8 Å². The van der Waals surface area contributed by atoms with Crippen LogP contribution in [-0.2, 0) is 0 Å². The predicted molar refractivity (Wildman–Crippen MR) is 64.6 cm³/mol. The number of hydrogen-bond donors (Lipinski definition) is 2. The van der Waals surface area contributed by atoms with Crippen molar-refractivity contribution in [3.63, 3.8) is 0 Å². The Morgan fingerprint density at radius 1 is 1.26 bits per heavy atom. The molecular formula is C12H21F3N2O2. The molecule has 1 rings (SSSR count). The van der Waals surface area contributed by atoms with Crippen LogP contribution in [0.4, 0.5) is 18.0 Å². The first-order valence-electron chi connectivity index (χ1n) is 6.32. The summed E-state index contributed by atoms with van der Waals surface area (Å²) >= 11 is 0. The molecule has 1 unspecified atom stereocenters. The molecule has 0 radical (unpaired) electrons. The van der Waals surface area contributed by atoms with Crippen molar-refractivity contribution in [2.45, 2.75) is 51.4 Å². The van der Waals surface area contributed by atoms with Gasteiger partial charge >= 0.3 is 12.2 Å². The molecule has 0 aromatic rings. The molecule has 7 heteroatoms. The van der Waals surface area contributed by atoms with Crippen LogP contribution in [0, 0.1) is 5.92 Å². The number of likely N-dealkylation sites (tertiary alicyclic amines) is 1. The Hall–Kier alpha value is -0.980. The van der Waals surface area contributed by atoms with Crippen LogP contribution in [0.1, 0.15) is 33.6 Å². The molecule has 0 aromatic carbocycles. The zero-order valence-electron chi connectivity index (χ0n) is 11.4. The van der Waals surface area contributed by atoms with Crippen LogP contribution in [0.25, 0.3) is 0 Å². The lowest BCUT2D eigenvalue weighted by Crippen LogP contribution is -2.52. The van der Waals surface area contributed by atoms with Crippen molar-refractivity contribution in [2.24, 2.45) is 5.92 Å². The minimum Gasteiger partial charge on any atom is -0.383 e. The molecule has 1 saturated heterocycles. The second kappa shape index (κ2) is 5.56. The number of rotatable bonds is 1. The van der Waals surface area contributed by atoms with Gasteiger partial charge in [-0.15, -0.1) is 0 Å². The number of halogens is 3. The number of alkyl halides is 3. The van der Waals surface area contributed by atoms with Crippen LogP contribution in [0.15, 0.2) is 0 Å². The Bertz CT molecular complexity index is 318. The highest BCUT2D eigenvalue weighted by Crippen LogP contribution is 2.31. The third-order valence-electron chi connectivity index (χ3n) is 3.09. The summed E-state index contributed by atoms with van der Waals surface area (Å²) in [6, 6.07) is -0.271. The highest BCUT2D eigenvalue weighted by Gasteiger charge is 2.44. The van der Waals surface area contributed by atoms with E-state index in [1.165, 1.54) is 4.90 Å². The first kappa shape index (κ1) is 16.1. The van der Waals surface area contributed by atoms with Gasteiger partial charge in [-0.3, -0.25) is 0 Å². The third kappa shape index (κ3) is 4.89. The second-order valence-electron chi connectivity index (χ2n) is 5.99. The molecular weight excluding hydrogens is 261 g/mol. The summed E-state index contributed by atoms with van der Waals surface area (Å²) in [5.41, 5.74) is -0.376. The van der Waals surface area contributed by atoms with Crippen LogP contribution in [0.2, 0.25) is 0 Å². The topological polar surface area (TPSA) is 52.6 Å². The van der Waals surface area contributed by atoms with Crippen molar-refractivity contribution in [3.8, 4) is 0 Å². The fraction of sp³-hybridized carbons (Fsp3) is 0.917. The number of carbonyl (C=O) groups is 1. The summed E-state index contributed by atoms with van der Waals surface area (Å²) in [5, 5.41) is 11.9. The van der Waals surface area contributed by atoms with E-state index >= 15 is 0 Å². The van der Waals surface area contributed by atoms with Crippen molar-refractivity contribution in [1.82, 2.24) is 10.2 Å². The molecule has 0 aliphatic carbocycles. The van der Waals surface area contributed by atoms with Crippen LogP contribution < -0.4 is 5.32 Å². The lowest BCUT2D eigenvalue weighted by Gasteiger charge is -2.36. The SMILES string of the molecule is CC(C)(C)NC(=O)N1CCC(C(O)C(F)(F)F)CC1. The highest BCUT2D eigenvalue weighted by molar-refractivity contribution is 5.75. The van der Waals surface area contributed by atoms with E-state index in [0.29, 0.717) is 0 Å². The molecule has 2 amide bonds. The van der Waals surface area contributed by atoms with Gasteiger partial charge in [-0.2, -0.15) is 13.2 Å². The van der Waals surface area contributed by atoms with Crippen molar-refractivity contribution in [2.75, 3.05) is 13.1 Å². The monoisotopic (exact) mass is 282 g/mol. The van der Waals surface area contributed by atoms with Crippen molar-refractivity contribution in [3.05, 3.63) is 0 Å². The molecule has 0 saturated carbocycles. The van der Waals surface area contributed by atoms with Crippen molar-refractivity contribution in [1.29, 1.82) is 0 Å². The Morgan fingerprint density at radius 2 is 1.74 bits per heavy atom. The van der Waals surface area contributed by atoms with Gasteiger partial charge in [-0.1, -0.05) is 0 Å². The maximum atomic E-state index is 12.4. The molecule has 0 aromatic heterocycles. The minimum absolute atomic E-state index is 0.165. The second-order valence-corrected chi connectivity index (χ2v) is 5.99. The Labute approximate surface area is 111 Å². The number of aliphatic hydroxyl groups excluding tert-OH is 1. The molecule has 1 aliphatic rings. The van der Waals surface area contributed by atoms with E-state index in [9.17, 15) is 23.1 Å². The van der Waals surface area contributed by atoms with Crippen LogP contribution >= 0.6 is 0 Å². The Kier molecular flexibility index (Phi) is 4.71. The zero-order chi connectivity index (χ0) is 14.8. The van der Waals surface area contributed by atoms with Crippen LogP contribution in [0.3, 0.4) is 0 Å². The standard InChI is InChI=1S/C12H21F3N2O2/c1-11(2,3)16-10(19)17-6-4-8(5-7-17)9(18)12(13,14)15/h8-9,18H,4-7H2,1-3H3,(H,16,19). The number of carbonyl (C=O) groups excluding carboxylic acids is 1. The maximum Gasteiger partial charge on any atom is 0.414 e. The average Bonchev–Trinajstić information content (AvgIpc) is 2.24. The van der Waals surface area contributed by atoms with Gasteiger partial charge in [0, 0.05) is 18.6 Å². The van der Waals surface area contributed by atoms with Gasteiger partial charge in [0.05, 0.1) is 0 Å². The van der Waals surface area contributed by atoms with E-state index in [2.05, 4.69) is 5.32 Å². The molecule has 2 N–H and O–H groups in total. The van der Waals surface area contributed by atoms with E-state index in [4.69, 9.17) is 0 Å². The Morgan fingerprint density at radius 3 is 2.11 bits per heavy atom. The number of nitrogens with one attached hydrogen (secondary N) is 1. The normalized spacial score (nSPS) is 20.3. The third-order valence-corrected chi connectivity index (χ3v) is 3.09. The van der Waals surface area contributed by atoms with Gasteiger partial charge in [-0.25, -0.2) is 4.79 Å². The van der Waals surface area contributed by atoms with Gasteiger partial charge in [0.25, 0.3) is 0 Å². The largest absolute Gasteiger partial charge is 0.414 e. The quantitative estimate of drug-likeness (QED) is 0.774. The summed E-state index contributed by atoms with van der Waals surface area (Å²) in [6.07, 6.45) is -6.54. The van der Waals surface area contributed by atoms with Gasteiger partial charge in [0.15, 0.2) is 6.10 Å². The average molecular weight is 282 g/mol. The number of urea groups is 1. The summed E-state index contributed by atoms with van der Waals surface area (Å²) in [4.78, 5) is 13.3. The number of aliphatic hydroxyl groups is 1. The predicted octanol–water partition coefficient (Wildman–Crippen LogP) is 2.13. The maximum absolute atomic E-state index is 12.4. The summed E-state index contributed by atoms with van der Waals surface area (Å²) in [7, 11) is 0. The first-order valence-corrected chi connectivity index (χ1v) is 6.32. The van der Waals surface area contributed by atoms with E-state index in [-0.39, 0.29) is 37.5 Å². The molecule has 1 aliphatic heterocycles. The lowest BCUT2D eigenvalue weighted by molar-refractivity contribution is -0.222. The Balaban J connectivity index is 2.47. The fourth-order valence-corrected chi connectivity index (χ4v) is 2.09. The molecule has 0 spiro atoms. The van der Waals surface area contributed by atoms with Crippen LogP contribution in [-0.4, -0.2) is 46.9 Å². The van der Waals surface area contributed by atoms with Gasteiger partial charge in [-0.05, 0) is 39.5 Å². The molecule has 0 bridgehead atoms. The molecule has 19 heavy (non-hydrogen) atoms. The lowest BCUT2D eigenvalue weighted by atomic mass is 9.91. The molecule has 1 heterocycles. The number of nitrogens with zero attached hydrogens (tertiary/aromatic N) is 1. The van der Waals surface area contributed by atoms with Crippen molar-refractivity contribution >= 4 is 6.03 Å². The highest BCUT2D eigenvalue weighted by atomic mass is 19.4. The van der Waals surface area contributed by atoms with Gasteiger partial charge in [0.1, 0.15) is 0 Å². The number of piperidine rings is 1. The fourth-order valence-electron chi connectivity index (χ4n) is 2.09.